The maximum absolute atomic E-state index is 12.1. The molecule has 28 heavy (non-hydrogen) atoms. The quantitative estimate of drug-likeness (QED) is 0.591. The van der Waals surface area contributed by atoms with Gasteiger partial charge in [0, 0.05) is 0 Å². The van der Waals surface area contributed by atoms with E-state index < -0.39 is 0 Å². The van der Waals surface area contributed by atoms with Crippen molar-refractivity contribution in [1.82, 2.24) is 14.9 Å². The zero-order valence-electron chi connectivity index (χ0n) is 14.7. The molecule has 1 N–H and O–H groups in total. The van der Waals surface area contributed by atoms with E-state index in [4.69, 9.17) is 32.7 Å². The molecule has 3 rings (SSSR count). The molecule has 10 heteroatoms. The van der Waals surface area contributed by atoms with Crippen molar-refractivity contribution in [1.29, 1.82) is 0 Å². The Bertz CT molecular complexity index is 993. The number of carbonyl (C=O) groups is 1. The molecule has 0 aliphatic heterocycles. The van der Waals surface area contributed by atoms with Gasteiger partial charge < -0.3 is 14.8 Å². The van der Waals surface area contributed by atoms with E-state index in [0.717, 1.165) is 5.56 Å². The van der Waals surface area contributed by atoms with Gasteiger partial charge >= 0.3 is 0 Å². The molecule has 2 aromatic carbocycles. The summed E-state index contributed by atoms with van der Waals surface area (Å²) < 4.78 is 12.3. The first kappa shape index (κ1) is 19.7. The number of benzene rings is 2. The van der Waals surface area contributed by atoms with Crippen LogP contribution >= 0.6 is 23.2 Å². The van der Waals surface area contributed by atoms with Gasteiger partial charge in [0.1, 0.15) is 12.7 Å². The molecule has 0 saturated carbocycles. The Kier molecular flexibility index (Phi) is 6.46. The second-order valence-corrected chi connectivity index (χ2v) is 6.22. The summed E-state index contributed by atoms with van der Waals surface area (Å²) in [5.41, 5.74) is 1.18. The lowest BCUT2D eigenvalue weighted by Gasteiger charge is -2.12. The molecule has 0 aliphatic rings. The van der Waals surface area contributed by atoms with Gasteiger partial charge in [0.05, 0.1) is 29.1 Å². The number of rotatable bonds is 7. The predicted molar refractivity (Wildman–Crippen MR) is 107 cm³/mol. The van der Waals surface area contributed by atoms with E-state index in [1.54, 1.807) is 42.6 Å². The fourth-order valence-corrected chi connectivity index (χ4v) is 2.55. The summed E-state index contributed by atoms with van der Waals surface area (Å²) in [5, 5.41) is 14.8. The predicted octanol–water partition coefficient (Wildman–Crippen LogP) is 3.49. The van der Waals surface area contributed by atoms with Crippen LogP contribution in [0.2, 0.25) is 10.0 Å². The van der Waals surface area contributed by atoms with Crippen LogP contribution in [0.3, 0.4) is 0 Å². The van der Waals surface area contributed by atoms with Gasteiger partial charge in [0.2, 0.25) is 0 Å². The van der Waals surface area contributed by atoms with Gasteiger partial charge in [0.15, 0.2) is 18.1 Å². The molecule has 8 nitrogen and oxygen atoms in total. The molecule has 0 radical (unpaired) electrons. The van der Waals surface area contributed by atoms with E-state index in [-0.39, 0.29) is 17.5 Å². The third-order valence-electron chi connectivity index (χ3n) is 3.52. The van der Waals surface area contributed by atoms with Gasteiger partial charge in [-0.3, -0.25) is 4.79 Å². The van der Waals surface area contributed by atoms with Crippen LogP contribution in [0.5, 0.6) is 11.5 Å². The van der Waals surface area contributed by atoms with Gasteiger partial charge in [-0.05, 0) is 35.9 Å². The second kappa shape index (κ2) is 9.20. The Hall–Kier alpha value is -3.10. The third-order valence-corrected chi connectivity index (χ3v) is 4.34. The Balaban J connectivity index is 1.63. The molecule has 1 amide bonds. The molecule has 0 spiro atoms. The minimum absolute atomic E-state index is 0.229. The monoisotopic (exact) mass is 419 g/mol. The standard InChI is InChI=1S/C18H15Cl2N5O3/c1-27-16-7-12(8-23-25-10-21-22-11-25)5-6-15(16)28-9-17(26)24-14-4-2-3-13(19)18(14)20/h2-8,10-11H,9H2,1H3,(H,24,26)/b23-8+. The Morgan fingerprint density at radius 2 is 2.00 bits per heavy atom. The van der Waals surface area contributed by atoms with Gasteiger partial charge in [-0.25, -0.2) is 4.68 Å². The lowest BCUT2D eigenvalue weighted by Crippen LogP contribution is -2.20. The van der Waals surface area contributed by atoms with Crippen LogP contribution in [-0.4, -0.2) is 40.7 Å². The smallest absolute Gasteiger partial charge is 0.262 e. The summed E-state index contributed by atoms with van der Waals surface area (Å²) in [6, 6.07) is 10.2. The third kappa shape index (κ3) is 4.99. The normalized spacial score (nSPS) is 10.8. The van der Waals surface area contributed by atoms with Crippen LogP contribution in [-0.2, 0) is 4.79 Å². The highest BCUT2D eigenvalue weighted by atomic mass is 35.5. The zero-order chi connectivity index (χ0) is 19.9. The van der Waals surface area contributed by atoms with Crippen molar-refractivity contribution in [3.05, 3.63) is 64.7 Å². The lowest BCUT2D eigenvalue weighted by atomic mass is 10.2. The highest BCUT2D eigenvalue weighted by Crippen LogP contribution is 2.30. The van der Waals surface area contributed by atoms with E-state index in [2.05, 4.69) is 20.6 Å². The summed E-state index contributed by atoms with van der Waals surface area (Å²) in [6.07, 6.45) is 4.55. The average Bonchev–Trinajstić information content (AvgIpc) is 3.22. The number of nitrogens with one attached hydrogen (secondary N) is 1. The Morgan fingerprint density at radius 1 is 1.21 bits per heavy atom. The number of anilines is 1. The summed E-state index contributed by atoms with van der Waals surface area (Å²) in [4.78, 5) is 12.1. The molecular weight excluding hydrogens is 405 g/mol. The summed E-state index contributed by atoms with van der Waals surface area (Å²) >= 11 is 12.0. The molecule has 1 aromatic heterocycles. The lowest BCUT2D eigenvalue weighted by molar-refractivity contribution is -0.118. The van der Waals surface area contributed by atoms with Gasteiger partial charge in [0.25, 0.3) is 5.91 Å². The summed E-state index contributed by atoms with van der Waals surface area (Å²) in [7, 11) is 1.51. The van der Waals surface area contributed by atoms with Crippen LogP contribution < -0.4 is 14.8 Å². The molecule has 0 atom stereocenters. The molecule has 0 unspecified atom stereocenters. The van der Waals surface area contributed by atoms with Crippen molar-refractivity contribution in [2.45, 2.75) is 0 Å². The fraction of sp³-hybridized carbons (Fsp3) is 0.111. The summed E-state index contributed by atoms with van der Waals surface area (Å²) in [5.74, 6) is 0.488. The van der Waals surface area contributed by atoms with E-state index in [0.29, 0.717) is 22.2 Å². The molecule has 0 saturated heterocycles. The number of aromatic nitrogens is 3. The molecule has 144 valence electrons. The minimum Gasteiger partial charge on any atom is -0.493 e. The first-order valence-electron chi connectivity index (χ1n) is 8.00. The van der Waals surface area contributed by atoms with Crippen LogP contribution in [0.1, 0.15) is 5.56 Å². The van der Waals surface area contributed by atoms with Crippen LogP contribution in [0.25, 0.3) is 0 Å². The summed E-state index contributed by atoms with van der Waals surface area (Å²) in [6.45, 7) is -0.229. The van der Waals surface area contributed by atoms with Crippen molar-refractivity contribution in [2.24, 2.45) is 5.10 Å². The minimum atomic E-state index is -0.385. The van der Waals surface area contributed by atoms with E-state index in [1.165, 1.54) is 24.4 Å². The largest absolute Gasteiger partial charge is 0.493 e. The first-order valence-corrected chi connectivity index (χ1v) is 8.76. The van der Waals surface area contributed by atoms with Crippen molar-refractivity contribution >= 4 is 41.0 Å². The Labute approximate surface area is 170 Å². The number of carbonyl (C=O) groups excluding carboxylic acids is 1. The van der Waals surface area contributed by atoms with Crippen LogP contribution in [0.4, 0.5) is 5.69 Å². The Morgan fingerprint density at radius 3 is 2.75 bits per heavy atom. The van der Waals surface area contributed by atoms with Crippen molar-refractivity contribution in [3.63, 3.8) is 0 Å². The maximum atomic E-state index is 12.1. The number of methoxy groups -OCH3 is 1. The number of halogens is 2. The van der Waals surface area contributed by atoms with Gasteiger partial charge in [-0.2, -0.15) is 5.10 Å². The molecule has 3 aromatic rings. The SMILES string of the molecule is COc1cc(/C=N/n2cnnc2)ccc1OCC(=O)Nc1cccc(Cl)c1Cl. The average molecular weight is 420 g/mol. The molecule has 0 aliphatic carbocycles. The topological polar surface area (TPSA) is 90.6 Å². The second-order valence-electron chi connectivity index (χ2n) is 5.43. The van der Waals surface area contributed by atoms with Crippen LogP contribution in [0, 0.1) is 0 Å². The van der Waals surface area contributed by atoms with Crippen molar-refractivity contribution in [3.8, 4) is 11.5 Å². The van der Waals surface area contributed by atoms with Crippen molar-refractivity contribution < 1.29 is 14.3 Å². The molecule has 0 bridgehead atoms. The maximum Gasteiger partial charge on any atom is 0.262 e. The highest BCUT2D eigenvalue weighted by Gasteiger charge is 2.11. The molecule has 1 heterocycles. The number of amides is 1. The highest BCUT2D eigenvalue weighted by molar-refractivity contribution is 6.44. The number of hydrogen-bond donors (Lipinski definition) is 1. The number of nitrogens with zero attached hydrogens (tertiary/aromatic N) is 4. The van der Waals surface area contributed by atoms with Gasteiger partial charge in [-0.15, -0.1) is 10.2 Å². The van der Waals surface area contributed by atoms with E-state index >= 15 is 0 Å². The fourth-order valence-electron chi connectivity index (χ4n) is 2.20. The molecule has 0 fully saturated rings. The number of ether oxygens (including phenoxy) is 2. The van der Waals surface area contributed by atoms with Crippen molar-refractivity contribution in [2.75, 3.05) is 19.0 Å². The zero-order valence-corrected chi connectivity index (χ0v) is 16.2. The molecular formula is C18H15Cl2N5O3. The van der Waals surface area contributed by atoms with Gasteiger partial charge in [-0.1, -0.05) is 29.3 Å². The van der Waals surface area contributed by atoms with E-state index in [1.807, 2.05) is 0 Å². The number of hydrogen-bond acceptors (Lipinski definition) is 6. The first-order chi connectivity index (χ1) is 13.6. The van der Waals surface area contributed by atoms with Crippen LogP contribution in [0.15, 0.2) is 54.2 Å². The van der Waals surface area contributed by atoms with E-state index in [9.17, 15) is 4.79 Å².